The third-order valence-corrected chi connectivity index (χ3v) is 3.88. The van der Waals surface area contributed by atoms with Gasteiger partial charge in [0.1, 0.15) is 10.3 Å². The number of hydrogen-bond donors (Lipinski definition) is 2. The van der Waals surface area contributed by atoms with E-state index in [-0.39, 0.29) is 12.0 Å². The van der Waals surface area contributed by atoms with E-state index in [1.54, 1.807) is 18.2 Å². The van der Waals surface area contributed by atoms with Crippen LogP contribution in [0.2, 0.25) is 0 Å². The minimum atomic E-state index is -0.139. The SMILES string of the molecule is O=C(NCCCN1CCC(O)CC1)c1cccc(Br)n1. The number of nitrogens with one attached hydrogen (secondary N) is 1. The van der Waals surface area contributed by atoms with Crippen LogP contribution in [0.1, 0.15) is 29.8 Å². The summed E-state index contributed by atoms with van der Waals surface area (Å²) in [5.41, 5.74) is 0.431. The van der Waals surface area contributed by atoms with Crippen LogP contribution in [0.25, 0.3) is 0 Å². The summed E-state index contributed by atoms with van der Waals surface area (Å²) in [5, 5.41) is 12.3. The van der Waals surface area contributed by atoms with Gasteiger partial charge < -0.3 is 15.3 Å². The molecule has 1 aliphatic heterocycles. The van der Waals surface area contributed by atoms with E-state index in [9.17, 15) is 9.90 Å². The molecule has 1 amide bonds. The van der Waals surface area contributed by atoms with Gasteiger partial charge in [-0.1, -0.05) is 6.07 Å². The molecule has 1 aromatic rings. The number of hydrogen-bond acceptors (Lipinski definition) is 4. The van der Waals surface area contributed by atoms with Crippen molar-refractivity contribution in [1.82, 2.24) is 15.2 Å². The normalized spacial score (nSPS) is 17.1. The number of piperidine rings is 1. The molecule has 0 bridgehead atoms. The highest BCUT2D eigenvalue weighted by atomic mass is 79.9. The minimum absolute atomic E-state index is 0.131. The molecular weight excluding hydrogens is 322 g/mol. The van der Waals surface area contributed by atoms with E-state index in [0.717, 1.165) is 38.9 Å². The molecule has 1 aromatic heterocycles. The van der Waals surface area contributed by atoms with Crippen molar-refractivity contribution in [1.29, 1.82) is 0 Å². The first-order valence-corrected chi connectivity index (χ1v) is 7.75. The van der Waals surface area contributed by atoms with Crippen LogP contribution in [0.15, 0.2) is 22.8 Å². The third-order valence-electron chi connectivity index (χ3n) is 3.44. The van der Waals surface area contributed by atoms with Crippen molar-refractivity contribution < 1.29 is 9.90 Å². The molecule has 1 saturated heterocycles. The molecule has 110 valence electrons. The van der Waals surface area contributed by atoms with Crippen LogP contribution < -0.4 is 5.32 Å². The van der Waals surface area contributed by atoms with Gasteiger partial charge in [0, 0.05) is 19.6 Å². The number of nitrogens with zero attached hydrogens (tertiary/aromatic N) is 2. The number of likely N-dealkylation sites (tertiary alicyclic amines) is 1. The van der Waals surface area contributed by atoms with Crippen LogP contribution in [0.5, 0.6) is 0 Å². The number of pyridine rings is 1. The zero-order valence-electron chi connectivity index (χ0n) is 11.4. The van der Waals surface area contributed by atoms with Gasteiger partial charge in [-0.15, -0.1) is 0 Å². The maximum absolute atomic E-state index is 11.8. The monoisotopic (exact) mass is 341 g/mol. The van der Waals surface area contributed by atoms with Crippen LogP contribution in [-0.4, -0.2) is 53.2 Å². The minimum Gasteiger partial charge on any atom is -0.393 e. The molecule has 0 unspecified atom stereocenters. The van der Waals surface area contributed by atoms with E-state index >= 15 is 0 Å². The van der Waals surface area contributed by atoms with Crippen LogP contribution in [0.3, 0.4) is 0 Å². The second kappa shape index (κ2) is 7.71. The zero-order valence-corrected chi connectivity index (χ0v) is 13.0. The van der Waals surface area contributed by atoms with E-state index in [0.29, 0.717) is 16.8 Å². The lowest BCUT2D eigenvalue weighted by atomic mass is 10.1. The Labute approximate surface area is 127 Å². The zero-order chi connectivity index (χ0) is 14.4. The van der Waals surface area contributed by atoms with Gasteiger partial charge in [0.2, 0.25) is 0 Å². The van der Waals surface area contributed by atoms with Crippen LogP contribution in [-0.2, 0) is 0 Å². The van der Waals surface area contributed by atoms with Gasteiger partial charge in [0.15, 0.2) is 0 Å². The molecule has 0 saturated carbocycles. The first-order valence-electron chi connectivity index (χ1n) is 6.96. The molecule has 20 heavy (non-hydrogen) atoms. The molecule has 0 aliphatic carbocycles. The Kier molecular flexibility index (Phi) is 5.94. The van der Waals surface area contributed by atoms with E-state index in [2.05, 4.69) is 31.1 Å². The summed E-state index contributed by atoms with van der Waals surface area (Å²) in [5.74, 6) is -0.139. The summed E-state index contributed by atoms with van der Waals surface area (Å²) >= 11 is 3.25. The van der Waals surface area contributed by atoms with Crippen molar-refractivity contribution in [3.63, 3.8) is 0 Å². The van der Waals surface area contributed by atoms with E-state index in [4.69, 9.17) is 0 Å². The molecule has 5 nitrogen and oxygen atoms in total. The Hall–Kier alpha value is -0.980. The van der Waals surface area contributed by atoms with Crippen molar-refractivity contribution in [2.75, 3.05) is 26.2 Å². The van der Waals surface area contributed by atoms with Crippen LogP contribution in [0.4, 0.5) is 0 Å². The molecule has 2 N–H and O–H groups in total. The lowest BCUT2D eigenvalue weighted by Crippen LogP contribution is -2.37. The lowest BCUT2D eigenvalue weighted by molar-refractivity contribution is 0.0816. The highest BCUT2D eigenvalue weighted by Crippen LogP contribution is 2.10. The summed E-state index contributed by atoms with van der Waals surface area (Å²) in [6.07, 6.45) is 2.49. The molecule has 0 radical (unpaired) electrons. The van der Waals surface area contributed by atoms with Crippen molar-refractivity contribution in [3.8, 4) is 0 Å². The quantitative estimate of drug-likeness (QED) is 0.628. The number of aromatic nitrogens is 1. The van der Waals surface area contributed by atoms with Gasteiger partial charge in [-0.25, -0.2) is 4.98 Å². The number of amides is 1. The van der Waals surface area contributed by atoms with Gasteiger partial charge in [0.05, 0.1) is 6.10 Å². The maximum Gasteiger partial charge on any atom is 0.269 e. The Morgan fingerprint density at radius 3 is 2.90 bits per heavy atom. The van der Waals surface area contributed by atoms with Gasteiger partial charge in [-0.05, 0) is 53.9 Å². The van der Waals surface area contributed by atoms with Crippen molar-refractivity contribution in [2.24, 2.45) is 0 Å². The number of aliphatic hydroxyl groups is 1. The van der Waals surface area contributed by atoms with Crippen LogP contribution >= 0.6 is 15.9 Å². The molecular formula is C14H20BrN3O2. The molecule has 6 heteroatoms. The molecule has 1 fully saturated rings. The molecule has 0 atom stereocenters. The van der Waals surface area contributed by atoms with Crippen LogP contribution in [0, 0.1) is 0 Å². The highest BCUT2D eigenvalue weighted by molar-refractivity contribution is 9.10. The summed E-state index contributed by atoms with van der Waals surface area (Å²) in [7, 11) is 0. The van der Waals surface area contributed by atoms with E-state index < -0.39 is 0 Å². The topological polar surface area (TPSA) is 65.5 Å². The Morgan fingerprint density at radius 2 is 2.20 bits per heavy atom. The van der Waals surface area contributed by atoms with Gasteiger partial charge in [-0.3, -0.25) is 4.79 Å². The smallest absolute Gasteiger partial charge is 0.269 e. The van der Waals surface area contributed by atoms with Crippen molar-refractivity contribution >= 4 is 21.8 Å². The molecule has 2 rings (SSSR count). The third kappa shape index (κ3) is 4.85. The predicted octanol–water partition coefficient (Wildman–Crippen LogP) is 1.42. The Bertz CT molecular complexity index is 448. The Morgan fingerprint density at radius 1 is 1.45 bits per heavy atom. The fourth-order valence-corrected chi connectivity index (χ4v) is 2.62. The number of rotatable bonds is 5. The lowest BCUT2D eigenvalue weighted by Gasteiger charge is -2.29. The molecule has 2 heterocycles. The van der Waals surface area contributed by atoms with Crippen molar-refractivity contribution in [3.05, 3.63) is 28.5 Å². The first kappa shape index (κ1) is 15.4. The first-order chi connectivity index (χ1) is 9.65. The largest absolute Gasteiger partial charge is 0.393 e. The highest BCUT2D eigenvalue weighted by Gasteiger charge is 2.16. The molecule has 0 aromatic carbocycles. The molecule has 1 aliphatic rings. The maximum atomic E-state index is 11.8. The average Bonchev–Trinajstić information content (AvgIpc) is 2.45. The Balaban J connectivity index is 1.64. The number of halogens is 1. The second-order valence-electron chi connectivity index (χ2n) is 5.03. The van der Waals surface area contributed by atoms with E-state index in [1.807, 2.05) is 0 Å². The fourth-order valence-electron chi connectivity index (χ4n) is 2.27. The standard InChI is InChI=1S/C14H20BrN3O2/c15-13-4-1-3-12(17-13)14(20)16-7-2-8-18-9-5-11(19)6-10-18/h1,3-4,11,19H,2,5-10H2,(H,16,20). The summed E-state index contributed by atoms with van der Waals surface area (Å²) in [6.45, 7) is 3.50. The molecule has 0 spiro atoms. The average molecular weight is 342 g/mol. The summed E-state index contributed by atoms with van der Waals surface area (Å²) in [4.78, 5) is 18.3. The van der Waals surface area contributed by atoms with Crippen molar-refractivity contribution in [2.45, 2.75) is 25.4 Å². The summed E-state index contributed by atoms with van der Waals surface area (Å²) < 4.78 is 0.664. The predicted molar refractivity (Wildman–Crippen MR) is 80.6 cm³/mol. The van der Waals surface area contributed by atoms with Gasteiger partial charge in [-0.2, -0.15) is 0 Å². The van der Waals surface area contributed by atoms with E-state index in [1.165, 1.54) is 0 Å². The van der Waals surface area contributed by atoms with Gasteiger partial charge in [0.25, 0.3) is 5.91 Å². The number of aliphatic hydroxyl groups excluding tert-OH is 1. The summed E-state index contributed by atoms with van der Waals surface area (Å²) in [6, 6.07) is 5.29. The second-order valence-corrected chi connectivity index (χ2v) is 5.84. The fraction of sp³-hybridized carbons (Fsp3) is 0.571. The van der Waals surface area contributed by atoms with Gasteiger partial charge >= 0.3 is 0 Å². The number of carbonyl (C=O) groups excluding carboxylic acids is 1. The number of carbonyl (C=O) groups is 1.